The third-order valence-electron chi connectivity index (χ3n) is 3.42. The Morgan fingerprint density at radius 2 is 2.00 bits per heavy atom. The lowest BCUT2D eigenvalue weighted by molar-refractivity contribution is 0.102. The average Bonchev–Trinajstić information content (AvgIpc) is 2.94. The number of fused-ring (bicyclic) bond motifs is 1. The molecule has 0 unspecified atom stereocenters. The van der Waals surface area contributed by atoms with Gasteiger partial charge in [-0.25, -0.2) is 0 Å². The Labute approximate surface area is 128 Å². The minimum absolute atomic E-state index is 0.222. The molecule has 2 N–H and O–H groups in total. The first-order valence-corrected chi connectivity index (χ1v) is 6.94. The van der Waals surface area contributed by atoms with E-state index in [0.29, 0.717) is 16.1 Å². The van der Waals surface area contributed by atoms with E-state index in [1.807, 2.05) is 18.2 Å². The first-order valence-electron chi connectivity index (χ1n) is 6.57. The third kappa shape index (κ3) is 2.92. The van der Waals surface area contributed by atoms with Crippen molar-refractivity contribution in [3.8, 4) is 12.3 Å². The second-order valence-electron chi connectivity index (χ2n) is 4.91. The van der Waals surface area contributed by atoms with E-state index >= 15 is 0 Å². The van der Waals surface area contributed by atoms with Gasteiger partial charge in [0, 0.05) is 34.9 Å². The molecule has 1 heterocycles. The summed E-state index contributed by atoms with van der Waals surface area (Å²) in [6, 6.07) is 10.8. The van der Waals surface area contributed by atoms with Crippen molar-refractivity contribution in [2.45, 2.75) is 13.1 Å². The average molecular weight is 297 g/mol. The van der Waals surface area contributed by atoms with Crippen LogP contribution in [0.1, 0.15) is 27.0 Å². The zero-order valence-electron chi connectivity index (χ0n) is 11.2. The van der Waals surface area contributed by atoms with Gasteiger partial charge in [-0.1, -0.05) is 23.6 Å². The molecule has 0 aromatic heterocycles. The van der Waals surface area contributed by atoms with Crippen LogP contribution < -0.4 is 10.6 Å². The highest BCUT2D eigenvalue weighted by atomic mass is 35.5. The lowest BCUT2D eigenvalue weighted by atomic mass is 10.1. The number of benzene rings is 2. The van der Waals surface area contributed by atoms with Crippen molar-refractivity contribution in [2.75, 3.05) is 5.32 Å². The van der Waals surface area contributed by atoms with Crippen molar-refractivity contribution in [1.29, 1.82) is 0 Å². The Hall–Kier alpha value is -2.28. The lowest BCUT2D eigenvalue weighted by Crippen LogP contribution is -2.12. The molecule has 0 atom stereocenters. The van der Waals surface area contributed by atoms with E-state index in [0.717, 1.165) is 18.8 Å². The number of nitrogens with one attached hydrogen (secondary N) is 2. The maximum atomic E-state index is 12.3. The van der Waals surface area contributed by atoms with E-state index < -0.39 is 0 Å². The number of amides is 1. The van der Waals surface area contributed by atoms with Gasteiger partial charge in [0.2, 0.25) is 0 Å². The highest BCUT2D eigenvalue weighted by molar-refractivity contribution is 6.31. The molecule has 0 spiro atoms. The van der Waals surface area contributed by atoms with E-state index in [1.165, 1.54) is 11.1 Å². The Balaban J connectivity index is 1.83. The molecule has 104 valence electrons. The molecule has 0 saturated heterocycles. The van der Waals surface area contributed by atoms with Crippen LogP contribution in [0.2, 0.25) is 5.02 Å². The topological polar surface area (TPSA) is 41.1 Å². The molecule has 2 aromatic carbocycles. The molecule has 3 rings (SSSR count). The number of carbonyl (C=O) groups excluding carboxylic acids is 1. The number of halogens is 1. The van der Waals surface area contributed by atoms with Gasteiger partial charge in [0.05, 0.1) is 0 Å². The fraction of sp³-hybridized carbons (Fsp3) is 0.118. The zero-order chi connectivity index (χ0) is 14.8. The van der Waals surface area contributed by atoms with Crippen molar-refractivity contribution in [2.24, 2.45) is 0 Å². The standard InChI is InChI=1S/C17H13ClN2O/c1-2-11-5-13(7-15(18)6-11)17(21)20-16-4-3-12-9-19-10-14(12)8-16/h1,3-8,19H,9-10H2,(H,20,21). The van der Waals surface area contributed by atoms with E-state index in [-0.39, 0.29) is 5.91 Å². The minimum atomic E-state index is -0.222. The maximum absolute atomic E-state index is 12.3. The van der Waals surface area contributed by atoms with Crippen LogP contribution in [-0.2, 0) is 13.1 Å². The predicted molar refractivity (Wildman–Crippen MR) is 84.3 cm³/mol. The van der Waals surface area contributed by atoms with Crippen molar-refractivity contribution in [3.05, 3.63) is 63.7 Å². The van der Waals surface area contributed by atoms with Gasteiger partial charge in [0.15, 0.2) is 0 Å². The quantitative estimate of drug-likeness (QED) is 0.836. The van der Waals surface area contributed by atoms with Gasteiger partial charge < -0.3 is 10.6 Å². The molecule has 1 amide bonds. The van der Waals surface area contributed by atoms with Crippen molar-refractivity contribution < 1.29 is 4.79 Å². The van der Waals surface area contributed by atoms with Crippen LogP contribution in [0.25, 0.3) is 0 Å². The number of rotatable bonds is 2. The van der Waals surface area contributed by atoms with Crippen LogP contribution in [0.3, 0.4) is 0 Å². The summed E-state index contributed by atoms with van der Waals surface area (Å²) in [5, 5.41) is 6.60. The number of terminal acetylenes is 1. The Morgan fingerprint density at radius 3 is 2.81 bits per heavy atom. The van der Waals surface area contributed by atoms with Gasteiger partial charge in [-0.05, 0) is 41.5 Å². The summed E-state index contributed by atoms with van der Waals surface area (Å²) >= 11 is 5.97. The summed E-state index contributed by atoms with van der Waals surface area (Å²) in [5.41, 5.74) is 4.29. The number of hydrogen-bond acceptors (Lipinski definition) is 2. The zero-order valence-corrected chi connectivity index (χ0v) is 12.0. The molecule has 1 aliphatic heterocycles. The molecule has 2 aromatic rings. The molecule has 0 fully saturated rings. The molecular formula is C17H13ClN2O. The minimum Gasteiger partial charge on any atom is -0.322 e. The van der Waals surface area contributed by atoms with Gasteiger partial charge in [-0.3, -0.25) is 4.79 Å². The SMILES string of the molecule is C#Cc1cc(Cl)cc(C(=O)Nc2ccc3c(c2)CNC3)c1. The summed E-state index contributed by atoms with van der Waals surface area (Å²) in [7, 11) is 0. The maximum Gasteiger partial charge on any atom is 0.255 e. The van der Waals surface area contributed by atoms with E-state index in [2.05, 4.69) is 16.6 Å². The first kappa shape index (κ1) is 13.7. The summed E-state index contributed by atoms with van der Waals surface area (Å²) < 4.78 is 0. The van der Waals surface area contributed by atoms with Crippen LogP contribution >= 0.6 is 11.6 Å². The van der Waals surface area contributed by atoms with Crippen LogP contribution in [0, 0.1) is 12.3 Å². The predicted octanol–water partition coefficient (Wildman–Crippen LogP) is 3.18. The number of carbonyl (C=O) groups is 1. The number of hydrogen-bond donors (Lipinski definition) is 2. The van der Waals surface area contributed by atoms with Crippen LogP contribution in [0.4, 0.5) is 5.69 Å². The molecule has 0 radical (unpaired) electrons. The lowest BCUT2D eigenvalue weighted by Gasteiger charge is -2.08. The van der Waals surface area contributed by atoms with Crippen LogP contribution in [-0.4, -0.2) is 5.91 Å². The second-order valence-corrected chi connectivity index (χ2v) is 5.35. The highest BCUT2D eigenvalue weighted by Crippen LogP contribution is 2.21. The molecule has 4 heteroatoms. The van der Waals surface area contributed by atoms with Gasteiger partial charge in [0.1, 0.15) is 0 Å². The molecule has 1 aliphatic rings. The normalized spacial score (nSPS) is 12.6. The largest absolute Gasteiger partial charge is 0.322 e. The van der Waals surface area contributed by atoms with Gasteiger partial charge in [-0.2, -0.15) is 0 Å². The van der Waals surface area contributed by atoms with E-state index in [9.17, 15) is 4.79 Å². The summed E-state index contributed by atoms with van der Waals surface area (Å²) in [6.45, 7) is 1.71. The molecular weight excluding hydrogens is 284 g/mol. The highest BCUT2D eigenvalue weighted by Gasteiger charge is 2.12. The second kappa shape index (κ2) is 5.61. The summed E-state index contributed by atoms with van der Waals surface area (Å²) in [5.74, 6) is 2.27. The van der Waals surface area contributed by atoms with E-state index in [4.69, 9.17) is 18.0 Å². The Kier molecular flexibility index (Phi) is 3.66. The molecule has 0 aliphatic carbocycles. The Bertz CT molecular complexity index is 762. The van der Waals surface area contributed by atoms with Crippen LogP contribution in [0.15, 0.2) is 36.4 Å². The van der Waals surface area contributed by atoms with Crippen LogP contribution in [0.5, 0.6) is 0 Å². The summed E-state index contributed by atoms with van der Waals surface area (Å²) in [4.78, 5) is 12.3. The summed E-state index contributed by atoms with van der Waals surface area (Å²) in [6.07, 6.45) is 5.35. The fourth-order valence-electron chi connectivity index (χ4n) is 2.38. The van der Waals surface area contributed by atoms with Crippen molar-refractivity contribution in [1.82, 2.24) is 5.32 Å². The number of anilines is 1. The van der Waals surface area contributed by atoms with Crippen molar-refractivity contribution >= 4 is 23.2 Å². The monoisotopic (exact) mass is 296 g/mol. The van der Waals surface area contributed by atoms with Gasteiger partial charge >= 0.3 is 0 Å². The van der Waals surface area contributed by atoms with Gasteiger partial charge in [0.25, 0.3) is 5.91 Å². The fourth-order valence-corrected chi connectivity index (χ4v) is 2.61. The van der Waals surface area contributed by atoms with Crippen molar-refractivity contribution in [3.63, 3.8) is 0 Å². The molecule has 3 nitrogen and oxygen atoms in total. The molecule has 21 heavy (non-hydrogen) atoms. The molecule has 0 bridgehead atoms. The first-order chi connectivity index (χ1) is 10.2. The van der Waals surface area contributed by atoms with E-state index in [1.54, 1.807) is 18.2 Å². The third-order valence-corrected chi connectivity index (χ3v) is 3.64. The Morgan fingerprint density at radius 1 is 1.19 bits per heavy atom. The van der Waals surface area contributed by atoms with Gasteiger partial charge in [-0.15, -0.1) is 6.42 Å². The smallest absolute Gasteiger partial charge is 0.255 e. The molecule has 0 saturated carbocycles.